The molecular formula is C35H54O5Si. The van der Waals surface area contributed by atoms with Gasteiger partial charge in [0.15, 0.2) is 8.32 Å². The standard InChI is InChI=1S/C35H54O5Si/c1-23(22-39-32(37)24-13-10-9-11-14-24)27-16-17-28-25(15-12-18-34(27,28)5)19-30(38-6)35-21-26(35)20-29(31(35)36)40-41(7,8)33(2,3)4/h9-11,13-14,19,23,26-31,36H,12,15-18,20-22H2,1-8H3/b25-19+/t23-,26-,27-,28+,29?,30-,31?,34?,35+/m1/s1. The van der Waals surface area contributed by atoms with Crippen molar-refractivity contribution in [3.05, 3.63) is 47.5 Å². The molecule has 1 aromatic carbocycles. The SMILES string of the molecule is CO[C@H](/C=C1\CCCC2(C)[C@@H]([C@H](C)COC(=O)c3ccccc3)CC[C@@H]12)[C@]12C[C@H]1CC(O[Si](C)(C)C(C)(C)C)C2O. The van der Waals surface area contributed by atoms with Crippen LogP contribution in [0.5, 0.6) is 0 Å². The van der Waals surface area contributed by atoms with Crippen LogP contribution in [0.2, 0.25) is 18.1 Å². The number of hydrogen-bond acceptors (Lipinski definition) is 5. The summed E-state index contributed by atoms with van der Waals surface area (Å²) in [5, 5.41) is 11.8. The number of allylic oxidation sites excluding steroid dienone is 1. The second-order valence-corrected chi connectivity index (χ2v) is 20.3. The first kappa shape index (κ1) is 31.0. The van der Waals surface area contributed by atoms with Crippen LogP contribution < -0.4 is 0 Å². The van der Waals surface area contributed by atoms with Gasteiger partial charge in [-0.25, -0.2) is 4.79 Å². The van der Waals surface area contributed by atoms with E-state index in [4.69, 9.17) is 13.9 Å². The van der Waals surface area contributed by atoms with E-state index in [1.165, 1.54) is 31.3 Å². The van der Waals surface area contributed by atoms with Gasteiger partial charge in [-0.2, -0.15) is 0 Å². The summed E-state index contributed by atoms with van der Waals surface area (Å²) in [7, 11) is -0.146. The Morgan fingerprint density at radius 3 is 2.56 bits per heavy atom. The lowest BCUT2D eigenvalue weighted by Gasteiger charge is -2.45. The van der Waals surface area contributed by atoms with Gasteiger partial charge in [0, 0.05) is 12.5 Å². The molecule has 41 heavy (non-hydrogen) atoms. The van der Waals surface area contributed by atoms with Crippen molar-refractivity contribution >= 4 is 14.3 Å². The molecule has 6 heteroatoms. The Morgan fingerprint density at radius 2 is 1.90 bits per heavy atom. The third-order valence-electron chi connectivity index (χ3n) is 12.2. The Bertz CT molecular complexity index is 1130. The van der Waals surface area contributed by atoms with E-state index in [-0.39, 0.29) is 34.0 Å². The molecule has 0 bridgehead atoms. The molecule has 0 heterocycles. The van der Waals surface area contributed by atoms with Gasteiger partial charge in [0.2, 0.25) is 0 Å². The number of methoxy groups -OCH3 is 1. The molecule has 0 amide bonds. The van der Waals surface area contributed by atoms with Crippen molar-refractivity contribution in [2.24, 2.45) is 34.5 Å². The van der Waals surface area contributed by atoms with E-state index in [0.717, 1.165) is 19.3 Å². The summed E-state index contributed by atoms with van der Waals surface area (Å²) in [5.41, 5.74) is 2.14. The van der Waals surface area contributed by atoms with E-state index >= 15 is 0 Å². The number of benzene rings is 1. The van der Waals surface area contributed by atoms with Crippen molar-refractivity contribution in [1.82, 2.24) is 0 Å². The fourth-order valence-electron chi connectivity index (χ4n) is 8.80. The highest BCUT2D eigenvalue weighted by atomic mass is 28.4. The van der Waals surface area contributed by atoms with Gasteiger partial charge >= 0.3 is 5.97 Å². The molecule has 4 aliphatic carbocycles. The normalized spacial score (nSPS) is 37.4. The highest BCUT2D eigenvalue weighted by molar-refractivity contribution is 6.74. The molecule has 0 saturated heterocycles. The smallest absolute Gasteiger partial charge is 0.338 e. The van der Waals surface area contributed by atoms with Crippen molar-refractivity contribution in [3.63, 3.8) is 0 Å². The maximum absolute atomic E-state index is 12.6. The van der Waals surface area contributed by atoms with Gasteiger partial charge in [-0.3, -0.25) is 0 Å². The largest absolute Gasteiger partial charge is 0.462 e. The lowest BCUT2D eigenvalue weighted by atomic mass is 9.61. The Morgan fingerprint density at radius 1 is 1.20 bits per heavy atom. The van der Waals surface area contributed by atoms with E-state index in [1.807, 2.05) is 37.4 Å². The summed E-state index contributed by atoms with van der Waals surface area (Å²) in [6.07, 6.45) is 9.62. The predicted molar refractivity (Wildman–Crippen MR) is 166 cm³/mol. The maximum Gasteiger partial charge on any atom is 0.338 e. The zero-order chi connectivity index (χ0) is 29.8. The number of aliphatic hydroxyl groups excluding tert-OH is 1. The third-order valence-corrected chi connectivity index (χ3v) is 16.7. The molecule has 228 valence electrons. The molecule has 3 unspecified atom stereocenters. The summed E-state index contributed by atoms with van der Waals surface area (Å²) in [4.78, 5) is 12.6. The minimum atomic E-state index is -1.97. The fourth-order valence-corrected chi connectivity index (χ4v) is 10.1. The Hall–Kier alpha value is -1.47. The molecule has 5 nitrogen and oxygen atoms in total. The minimum Gasteiger partial charge on any atom is -0.462 e. The second-order valence-electron chi connectivity index (χ2n) is 15.5. The zero-order valence-corrected chi connectivity index (χ0v) is 27.7. The molecular weight excluding hydrogens is 528 g/mol. The van der Waals surface area contributed by atoms with Gasteiger partial charge in [-0.15, -0.1) is 0 Å². The molecule has 0 spiro atoms. The molecule has 4 saturated carbocycles. The Balaban J connectivity index is 1.27. The molecule has 5 rings (SSSR count). The molecule has 4 fully saturated rings. The van der Waals surface area contributed by atoms with Crippen LogP contribution in [0.15, 0.2) is 42.0 Å². The van der Waals surface area contributed by atoms with Crippen LogP contribution in [0.25, 0.3) is 0 Å². The van der Waals surface area contributed by atoms with E-state index < -0.39 is 14.4 Å². The van der Waals surface area contributed by atoms with E-state index in [0.29, 0.717) is 35.8 Å². The van der Waals surface area contributed by atoms with Gasteiger partial charge < -0.3 is 19.0 Å². The Kier molecular flexibility index (Phi) is 8.48. The van der Waals surface area contributed by atoms with Gasteiger partial charge in [0.25, 0.3) is 0 Å². The molecule has 9 atom stereocenters. The number of fused-ring (bicyclic) bond motifs is 2. The number of ether oxygens (including phenoxy) is 2. The van der Waals surface area contributed by atoms with Crippen molar-refractivity contribution in [1.29, 1.82) is 0 Å². The van der Waals surface area contributed by atoms with Crippen molar-refractivity contribution in [2.75, 3.05) is 13.7 Å². The van der Waals surface area contributed by atoms with E-state index in [1.54, 1.807) is 0 Å². The van der Waals surface area contributed by atoms with E-state index in [9.17, 15) is 9.90 Å². The summed E-state index contributed by atoms with van der Waals surface area (Å²) >= 11 is 0. The number of rotatable bonds is 9. The van der Waals surface area contributed by atoms with E-state index in [2.05, 4.69) is 53.8 Å². The summed E-state index contributed by atoms with van der Waals surface area (Å²) < 4.78 is 18.8. The first-order chi connectivity index (χ1) is 19.2. The van der Waals surface area contributed by atoms with Crippen molar-refractivity contribution in [2.45, 2.75) is 116 Å². The third kappa shape index (κ3) is 5.52. The summed E-state index contributed by atoms with van der Waals surface area (Å²) in [6, 6.07) is 9.30. The van der Waals surface area contributed by atoms with Crippen LogP contribution in [0, 0.1) is 34.5 Å². The summed E-state index contributed by atoms with van der Waals surface area (Å²) in [5.74, 6) is 1.60. The lowest BCUT2D eigenvalue weighted by Crippen LogP contribution is -2.48. The van der Waals surface area contributed by atoms with Gasteiger partial charge in [-0.1, -0.05) is 64.5 Å². The number of aliphatic hydroxyl groups is 1. The highest BCUT2D eigenvalue weighted by Gasteiger charge is 2.70. The van der Waals surface area contributed by atoms with Crippen LogP contribution in [0.4, 0.5) is 0 Å². The molecule has 1 N–H and O–H groups in total. The lowest BCUT2D eigenvalue weighted by molar-refractivity contribution is -0.0428. The highest BCUT2D eigenvalue weighted by Crippen LogP contribution is 2.68. The number of carbonyl (C=O) groups excluding carboxylic acids is 1. The summed E-state index contributed by atoms with van der Waals surface area (Å²) in [6.45, 7) is 16.6. The molecule has 4 aliphatic rings. The number of esters is 1. The Labute approximate surface area is 249 Å². The monoisotopic (exact) mass is 582 g/mol. The zero-order valence-electron chi connectivity index (χ0n) is 26.7. The first-order valence-corrected chi connectivity index (χ1v) is 19.0. The first-order valence-electron chi connectivity index (χ1n) is 16.1. The van der Waals surface area contributed by atoms with Gasteiger partial charge in [-0.05, 0) is 104 Å². The quantitative estimate of drug-likeness (QED) is 0.183. The number of carbonyl (C=O) groups is 1. The molecule has 0 aromatic heterocycles. The van der Waals surface area contributed by atoms with Crippen LogP contribution in [0.3, 0.4) is 0 Å². The van der Waals surface area contributed by atoms with Crippen LogP contribution >= 0.6 is 0 Å². The number of hydrogen-bond donors (Lipinski definition) is 1. The average Bonchev–Trinajstić information content (AvgIpc) is 3.43. The molecule has 0 aliphatic heterocycles. The van der Waals surface area contributed by atoms with Crippen LogP contribution in [-0.2, 0) is 13.9 Å². The maximum atomic E-state index is 12.6. The van der Waals surface area contributed by atoms with Crippen molar-refractivity contribution < 1.29 is 23.8 Å². The van der Waals surface area contributed by atoms with Gasteiger partial charge in [0.1, 0.15) is 0 Å². The fraction of sp³-hybridized carbons (Fsp3) is 0.743. The molecule has 0 radical (unpaired) electrons. The topological polar surface area (TPSA) is 65.0 Å². The van der Waals surface area contributed by atoms with Crippen molar-refractivity contribution in [3.8, 4) is 0 Å². The molecule has 1 aromatic rings. The minimum absolute atomic E-state index is 0.0730. The van der Waals surface area contributed by atoms with Gasteiger partial charge in [0.05, 0.1) is 30.5 Å². The predicted octanol–water partition coefficient (Wildman–Crippen LogP) is 7.80. The van der Waals surface area contributed by atoms with Crippen LogP contribution in [-0.4, -0.2) is 51.4 Å². The second kappa shape index (κ2) is 11.2. The average molecular weight is 583 g/mol. The van der Waals surface area contributed by atoms with Crippen LogP contribution in [0.1, 0.15) is 89.9 Å².